The molecular weight excluding hydrogens is 318 g/mol. The van der Waals surface area contributed by atoms with Crippen molar-refractivity contribution in [3.8, 4) is 10.4 Å². The molecule has 0 amide bonds. The van der Waals surface area contributed by atoms with Crippen LogP contribution in [0, 0.1) is 0 Å². The van der Waals surface area contributed by atoms with E-state index in [1.54, 1.807) is 17.5 Å². The van der Waals surface area contributed by atoms with Crippen molar-refractivity contribution in [3.63, 3.8) is 0 Å². The zero-order valence-electron chi connectivity index (χ0n) is 13.3. The minimum absolute atomic E-state index is 0.448. The fourth-order valence-electron chi connectivity index (χ4n) is 2.92. The third kappa shape index (κ3) is 3.44. The Morgan fingerprint density at radius 2 is 2.04 bits per heavy atom. The van der Waals surface area contributed by atoms with Crippen LogP contribution < -0.4 is 10.6 Å². The van der Waals surface area contributed by atoms with E-state index in [1.807, 2.05) is 30.6 Å². The minimum Gasteiger partial charge on any atom is -0.316 e. The molecule has 6 heteroatoms. The van der Waals surface area contributed by atoms with Crippen LogP contribution in [0.3, 0.4) is 0 Å². The lowest BCUT2D eigenvalue weighted by Crippen LogP contribution is -2.29. The van der Waals surface area contributed by atoms with E-state index >= 15 is 0 Å². The van der Waals surface area contributed by atoms with E-state index in [1.165, 1.54) is 18.4 Å². The van der Waals surface area contributed by atoms with E-state index in [0.29, 0.717) is 5.92 Å². The molecular formula is C18H19N5S. The Morgan fingerprint density at radius 3 is 2.88 bits per heavy atom. The number of hydrogen-bond acceptors (Lipinski definition) is 6. The summed E-state index contributed by atoms with van der Waals surface area (Å²) in [6.07, 6.45) is 7.88. The molecule has 1 aromatic carbocycles. The first-order chi connectivity index (χ1) is 11.9. The Bertz CT molecular complexity index is 796. The second-order valence-electron chi connectivity index (χ2n) is 5.89. The standard InChI is InChI=1S/C18H19N5S/c1-2-5-13(6-3-1)16-11-21-18(24-16)23-17-12-20-10-15(22-17)14-7-4-8-19-9-14/h1-3,5-6,10-12,14,19H,4,7-9H2,(H,21,22,23)/t14-/m1/s1. The fraction of sp³-hybridized carbons (Fsp3) is 0.278. The van der Waals surface area contributed by atoms with Crippen LogP contribution in [-0.4, -0.2) is 28.0 Å². The number of nitrogens with zero attached hydrogens (tertiary/aromatic N) is 3. The van der Waals surface area contributed by atoms with Gasteiger partial charge >= 0.3 is 0 Å². The molecule has 0 radical (unpaired) electrons. The second-order valence-corrected chi connectivity index (χ2v) is 6.92. The Hall–Kier alpha value is -2.31. The summed E-state index contributed by atoms with van der Waals surface area (Å²) in [7, 11) is 0. The van der Waals surface area contributed by atoms with Crippen molar-refractivity contribution in [1.29, 1.82) is 0 Å². The van der Waals surface area contributed by atoms with Gasteiger partial charge in [0.25, 0.3) is 0 Å². The molecule has 122 valence electrons. The maximum Gasteiger partial charge on any atom is 0.188 e. The molecule has 1 aliphatic heterocycles. The van der Waals surface area contributed by atoms with Gasteiger partial charge in [0, 0.05) is 24.9 Å². The second kappa shape index (κ2) is 7.07. The van der Waals surface area contributed by atoms with Crippen LogP contribution >= 0.6 is 11.3 Å². The molecule has 0 aliphatic carbocycles. The zero-order valence-corrected chi connectivity index (χ0v) is 14.1. The Labute approximate surface area is 145 Å². The zero-order chi connectivity index (χ0) is 16.2. The highest BCUT2D eigenvalue weighted by Gasteiger charge is 2.17. The van der Waals surface area contributed by atoms with Gasteiger partial charge in [0.05, 0.1) is 16.8 Å². The van der Waals surface area contributed by atoms with Crippen LogP contribution in [0.2, 0.25) is 0 Å². The molecule has 3 heterocycles. The molecule has 0 spiro atoms. The molecule has 1 atom stereocenters. The molecule has 0 bridgehead atoms. The van der Waals surface area contributed by atoms with Crippen LogP contribution in [0.1, 0.15) is 24.5 Å². The van der Waals surface area contributed by atoms with Gasteiger partial charge in [0.1, 0.15) is 0 Å². The maximum atomic E-state index is 4.73. The van der Waals surface area contributed by atoms with Gasteiger partial charge in [-0.1, -0.05) is 41.7 Å². The summed E-state index contributed by atoms with van der Waals surface area (Å²) in [5.74, 6) is 1.20. The van der Waals surface area contributed by atoms with Gasteiger partial charge < -0.3 is 10.6 Å². The number of rotatable bonds is 4. The summed E-state index contributed by atoms with van der Waals surface area (Å²) in [5, 5.41) is 7.55. The maximum absolute atomic E-state index is 4.73. The molecule has 5 nitrogen and oxygen atoms in total. The lowest BCUT2D eigenvalue weighted by Gasteiger charge is -2.22. The van der Waals surface area contributed by atoms with E-state index in [4.69, 9.17) is 4.98 Å². The van der Waals surface area contributed by atoms with Crippen LogP contribution in [-0.2, 0) is 0 Å². The lowest BCUT2D eigenvalue weighted by molar-refractivity contribution is 0.454. The van der Waals surface area contributed by atoms with Gasteiger partial charge in [0.2, 0.25) is 0 Å². The van der Waals surface area contributed by atoms with Gasteiger partial charge in [-0.2, -0.15) is 0 Å². The van der Waals surface area contributed by atoms with Crippen molar-refractivity contribution in [3.05, 3.63) is 54.6 Å². The van der Waals surface area contributed by atoms with Crippen molar-refractivity contribution in [2.24, 2.45) is 0 Å². The predicted octanol–water partition coefficient (Wildman–Crippen LogP) is 3.81. The normalized spacial score (nSPS) is 17.6. The molecule has 1 saturated heterocycles. The largest absolute Gasteiger partial charge is 0.316 e. The highest BCUT2D eigenvalue weighted by atomic mass is 32.1. The van der Waals surface area contributed by atoms with E-state index in [2.05, 4.69) is 32.7 Å². The van der Waals surface area contributed by atoms with Crippen molar-refractivity contribution in [1.82, 2.24) is 20.3 Å². The van der Waals surface area contributed by atoms with Crippen molar-refractivity contribution in [2.45, 2.75) is 18.8 Å². The number of aromatic nitrogens is 3. The number of benzene rings is 1. The van der Waals surface area contributed by atoms with Crippen LogP contribution in [0.25, 0.3) is 10.4 Å². The molecule has 0 unspecified atom stereocenters. The Kier molecular flexibility index (Phi) is 4.49. The molecule has 3 aromatic rings. The van der Waals surface area contributed by atoms with Gasteiger partial charge in [-0.15, -0.1) is 0 Å². The summed E-state index contributed by atoms with van der Waals surface area (Å²) in [6, 6.07) is 10.3. The number of piperidine rings is 1. The minimum atomic E-state index is 0.448. The number of nitrogens with one attached hydrogen (secondary N) is 2. The fourth-order valence-corrected chi connectivity index (χ4v) is 3.75. The van der Waals surface area contributed by atoms with Crippen molar-refractivity contribution in [2.75, 3.05) is 18.4 Å². The summed E-state index contributed by atoms with van der Waals surface area (Å²) in [5.41, 5.74) is 2.23. The Balaban J connectivity index is 1.50. The van der Waals surface area contributed by atoms with E-state index in [0.717, 1.165) is 34.6 Å². The summed E-state index contributed by atoms with van der Waals surface area (Å²) in [6.45, 7) is 2.08. The van der Waals surface area contributed by atoms with E-state index in [9.17, 15) is 0 Å². The highest BCUT2D eigenvalue weighted by molar-refractivity contribution is 7.18. The topological polar surface area (TPSA) is 62.7 Å². The van der Waals surface area contributed by atoms with Gasteiger partial charge in [0.15, 0.2) is 10.9 Å². The molecule has 1 fully saturated rings. The van der Waals surface area contributed by atoms with E-state index < -0.39 is 0 Å². The van der Waals surface area contributed by atoms with Crippen LogP contribution in [0.4, 0.5) is 10.9 Å². The Morgan fingerprint density at radius 1 is 1.12 bits per heavy atom. The van der Waals surface area contributed by atoms with Crippen LogP contribution in [0.15, 0.2) is 48.9 Å². The number of thiazole rings is 1. The van der Waals surface area contributed by atoms with Gasteiger partial charge in [-0.05, 0) is 24.9 Å². The first kappa shape index (κ1) is 15.2. The molecule has 2 aromatic heterocycles. The van der Waals surface area contributed by atoms with Gasteiger partial charge in [-0.25, -0.2) is 9.97 Å². The first-order valence-electron chi connectivity index (χ1n) is 8.19. The summed E-state index contributed by atoms with van der Waals surface area (Å²) >= 11 is 1.62. The average molecular weight is 337 g/mol. The highest BCUT2D eigenvalue weighted by Crippen LogP contribution is 2.30. The molecule has 4 rings (SSSR count). The molecule has 1 aliphatic rings. The molecule has 2 N–H and O–H groups in total. The quantitative estimate of drug-likeness (QED) is 0.758. The molecule has 24 heavy (non-hydrogen) atoms. The average Bonchev–Trinajstić information content (AvgIpc) is 3.12. The first-order valence-corrected chi connectivity index (χ1v) is 9.01. The van der Waals surface area contributed by atoms with Crippen molar-refractivity contribution >= 4 is 22.3 Å². The lowest BCUT2D eigenvalue weighted by atomic mass is 9.97. The molecule has 0 saturated carbocycles. The van der Waals surface area contributed by atoms with Crippen LogP contribution in [0.5, 0.6) is 0 Å². The summed E-state index contributed by atoms with van der Waals surface area (Å²) < 4.78 is 0. The number of anilines is 2. The SMILES string of the molecule is c1ccc(-c2cnc(Nc3cncc([C@@H]4CCCNC4)n3)s2)cc1. The van der Waals surface area contributed by atoms with E-state index in [-0.39, 0.29) is 0 Å². The third-order valence-corrected chi connectivity index (χ3v) is 5.13. The monoisotopic (exact) mass is 337 g/mol. The van der Waals surface area contributed by atoms with Gasteiger partial charge in [-0.3, -0.25) is 4.98 Å². The third-order valence-electron chi connectivity index (χ3n) is 4.17. The summed E-state index contributed by atoms with van der Waals surface area (Å²) in [4.78, 5) is 14.7. The van der Waals surface area contributed by atoms with Crippen molar-refractivity contribution < 1.29 is 0 Å². The number of hydrogen-bond donors (Lipinski definition) is 2. The smallest absolute Gasteiger partial charge is 0.188 e. The predicted molar refractivity (Wildman–Crippen MR) is 97.7 cm³/mol.